The Labute approximate surface area is 143 Å². The second-order valence-corrected chi connectivity index (χ2v) is 6.83. The molecule has 0 atom stereocenters. The molecule has 0 saturated heterocycles. The van der Waals surface area contributed by atoms with Gasteiger partial charge in [0.05, 0.1) is 0 Å². The molecule has 0 aromatic heterocycles. The van der Waals surface area contributed by atoms with Gasteiger partial charge in [0.1, 0.15) is 12.4 Å². The van der Waals surface area contributed by atoms with Gasteiger partial charge in [0.2, 0.25) is 0 Å². The number of carboxylic acids is 1. The lowest BCUT2D eigenvalue weighted by atomic mass is 9.86. The Bertz CT molecular complexity index is 590. The fraction of sp³-hybridized carbons (Fsp3) is 0.526. The summed E-state index contributed by atoms with van der Waals surface area (Å²) in [6.07, 6.45) is 5.36. The first-order valence-electron chi connectivity index (χ1n) is 8.31. The molecule has 0 unspecified atom stereocenters. The minimum atomic E-state index is -0.813. The Kier molecular flexibility index (Phi) is 6.52. The van der Waals surface area contributed by atoms with Crippen LogP contribution in [-0.2, 0) is 11.2 Å². The van der Waals surface area contributed by atoms with Crippen LogP contribution in [0.15, 0.2) is 29.3 Å². The summed E-state index contributed by atoms with van der Waals surface area (Å²) in [6.45, 7) is 5.11. The van der Waals surface area contributed by atoms with E-state index in [4.69, 9.17) is 21.4 Å². The van der Waals surface area contributed by atoms with Gasteiger partial charge in [-0.15, -0.1) is 0 Å². The van der Waals surface area contributed by atoms with E-state index in [0.717, 1.165) is 17.7 Å². The van der Waals surface area contributed by atoms with Crippen molar-refractivity contribution < 1.29 is 14.6 Å². The quantitative estimate of drug-likeness (QED) is 0.690. The van der Waals surface area contributed by atoms with Gasteiger partial charge < -0.3 is 9.84 Å². The maximum atomic E-state index is 10.6. The zero-order valence-corrected chi connectivity index (χ0v) is 14.7. The molecule has 23 heavy (non-hydrogen) atoms. The van der Waals surface area contributed by atoms with Crippen molar-refractivity contribution in [1.82, 2.24) is 0 Å². The van der Waals surface area contributed by atoms with Crippen molar-refractivity contribution in [3.05, 3.63) is 39.9 Å². The highest BCUT2D eigenvalue weighted by Crippen LogP contribution is 2.31. The van der Waals surface area contributed by atoms with Gasteiger partial charge in [0.15, 0.2) is 0 Å². The molecule has 0 fully saturated rings. The van der Waals surface area contributed by atoms with E-state index in [-0.39, 0.29) is 6.42 Å². The monoisotopic (exact) mass is 336 g/mol. The number of ether oxygens (including phenoxy) is 1. The molecule has 1 aliphatic rings. The third-order valence-electron chi connectivity index (χ3n) is 4.37. The number of halogens is 1. The molecule has 2 rings (SSSR count). The molecule has 1 aromatic rings. The summed E-state index contributed by atoms with van der Waals surface area (Å²) >= 11 is 6.23. The SMILES string of the molecule is CC(C)C1=C(COc2ccc(CCC(=O)O)c(Cl)c2)CCCC1. The van der Waals surface area contributed by atoms with Crippen molar-refractivity contribution in [2.75, 3.05) is 6.61 Å². The Morgan fingerprint density at radius 2 is 2.04 bits per heavy atom. The van der Waals surface area contributed by atoms with Crippen molar-refractivity contribution in [2.24, 2.45) is 5.92 Å². The summed E-state index contributed by atoms with van der Waals surface area (Å²) in [7, 11) is 0. The first-order valence-corrected chi connectivity index (χ1v) is 8.69. The second-order valence-electron chi connectivity index (χ2n) is 6.43. The smallest absolute Gasteiger partial charge is 0.303 e. The summed E-state index contributed by atoms with van der Waals surface area (Å²) in [4.78, 5) is 10.6. The molecule has 1 aromatic carbocycles. The lowest BCUT2D eigenvalue weighted by molar-refractivity contribution is -0.136. The van der Waals surface area contributed by atoms with Gasteiger partial charge in [-0.2, -0.15) is 0 Å². The first kappa shape index (κ1) is 17.9. The summed E-state index contributed by atoms with van der Waals surface area (Å²) in [6, 6.07) is 5.53. The molecule has 0 bridgehead atoms. The molecule has 1 N–H and O–H groups in total. The minimum absolute atomic E-state index is 0.0879. The molecule has 0 spiro atoms. The maximum Gasteiger partial charge on any atom is 0.303 e. The summed E-state index contributed by atoms with van der Waals surface area (Å²) < 4.78 is 5.93. The normalized spacial score (nSPS) is 15.1. The van der Waals surface area contributed by atoms with Gasteiger partial charge in [-0.25, -0.2) is 0 Å². The van der Waals surface area contributed by atoms with Crippen LogP contribution in [0.3, 0.4) is 0 Å². The Balaban J connectivity index is 2.00. The highest BCUT2D eigenvalue weighted by molar-refractivity contribution is 6.31. The zero-order valence-electron chi connectivity index (χ0n) is 13.9. The topological polar surface area (TPSA) is 46.5 Å². The largest absolute Gasteiger partial charge is 0.489 e. The van der Waals surface area contributed by atoms with Crippen LogP contribution in [-0.4, -0.2) is 17.7 Å². The van der Waals surface area contributed by atoms with Crippen molar-refractivity contribution in [1.29, 1.82) is 0 Å². The molecule has 0 amide bonds. The fourth-order valence-electron chi connectivity index (χ4n) is 3.09. The van der Waals surface area contributed by atoms with Crippen LogP contribution in [0.4, 0.5) is 0 Å². The van der Waals surface area contributed by atoms with E-state index in [9.17, 15) is 4.79 Å². The van der Waals surface area contributed by atoms with E-state index >= 15 is 0 Å². The van der Waals surface area contributed by atoms with Crippen LogP contribution >= 0.6 is 11.6 Å². The molecule has 0 heterocycles. The zero-order chi connectivity index (χ0) is 16.8. The van der Waals surface area contributed by atoms with E-state index < -0.39 is 5.97 Å². The standard InChI is InChI=1S/C19H25ClO3/c1-13(2)17-6-4-3-5-15(17)12-23-16-9-7-14(18(20)11-16)8-10-19(21)22/h7,9,11,13H,3-6,8,10,12H2,1-2H3,(H,21,22). The third kappa shape index (κ3) is 5.28. The Hall–Kier alpha value is -1.48. The molecule has 126 valence electrons. The van der Waals surface area contributed by atoms with Crippen LogP contribution in [0, 0.1) is 5.92 Å². The van der Waals surface area contributed by atoms with E-state index in [1.54, 1.807) is 11.6 Å². The van der Waals surface area contributed by atoms with Gasteiger partial charge in [-0.05, 0) is 61.3 Å². The molecule has 0 saturated carbocycles. The number of carbonyl (C=O) groups is 1. The number of carboxylic acid groups (broad SMARTS) is 1. The lowest BCUT2D eigenvalue weighted by Crippen LogP contribution is -2.11. The number of aryl methyl sites for hydroxylation is 1. The number of rotatable bonds is 7. The van der Waals surface area contributed by atoms with E-state index in [1.807, 2.05) is 12.1 Å². The van der Waals surface area contributed by atoms with Gasteiger partial charge >= 0.3 is 5.97 Å². The van der Waals surface area contributed by atoms with Crippen LogP contribution in [0.1, 0.15) is 51.5 Å². The number of allylic oxidation sites excluding steroid dienone is 1. The van der Waals surface area contributed by atoms with Gasteiger partial charge in [-0.3, -0.25) is 4.79 Å². The van der Waals surface area contributed by atoms with E-state index in [1.165, 1.54) is 24.8 Å². The van der Waals surface area contributed by atoms with Crippen molar-refractivity contribution in [3.63, 3.8) is 0 Å². The predicted octanol–water partition coefficient (Wildman–Crippen LogP) is 5.26. The molecule has 0 aliphatic heterocycles. The minimum Gasteiger partial charge on any atom is -0.489 e. The number of hydrogen-bond donors (Lipinski definition) is 1. The molecular weight excluding hydrogens is 312 g/mol. The lowest BCUT2D eigenvalue weighted by Gasteiger charge is -2.23. The highest BCUT2D eigenvalue weighted by atomic mass is 35.5. The number of hydrogen-bond acceptors (Lipinski definition) is 2. The first-order chi connectivity index (χ1) is 11.0. The van der Waals surface area contributed by atoms with Gasteiger partial charge in [0, 0.05) is 11.4 Å². The van der Waals surface area contributed by atoms with Crippen molar-refractivity contribution in [2.45, 2.75) is 52.4 Å². The maximum absolute atomic E-state index is 10.6. The Morgan fingerprint density at radius 1 is 1.30 bits per heavy atom. The molecule has 1 aliphatic carbocycles. The van der Waals surface area contributed by atoms with Crippen molar-refractivity contribution in [3.8, 4) is 5.75 Å². The van der Waals surface area contributed by atoms with Crippen LogP contribution in [0.25, 0.3) is 0 Å². The highest BCUT2D eigenvalue weighted by Gasteiger charge is 2.16. The number of aliphatic carboxylic acids is 1. The average molecular weight is 337 g/mol. The third-order valence-corrected chi connectivity index (χ3v) is 4.72. The summed E-state index contributed by atoms with van der Waals surface area (Å²) in [5.74, 6) is 0.512. The van der Waals surface area contributed by atoms with E-state index in [0.29, 0.717) is 24.0 Å². The molecular formula is C19H25ClO3. The number of benzene rings is 1. The molecule has 0 radical (unpaired) electrons. The fourth-order valence-corrected chi connectivity index (χ4v) is 3.35. The van der Waals surface area contributed by atoms with Gasteiger partial charge in [0.25, 0.3) is 0 Å². The van der Waals surface area contributed by atoms with Crippen LogP contribution < -0.4 is 4.74 Å². The average Bonchev–Trinajstić information content (AvgIpc) is 2.52. The van der Waals surface area contributed by atoms with Crippen LogP contribution in [0.2, 0.25) is 5.02 Å². The second kappa shape index (κ2) is 8.39. The predicted molar refractivity (Wildman–Crippen MR) is 93.2 cm³/mol. The molecule has 3 nitrogen and oxygen atoms in total. The van der Waals surface area contributed by atoms with Gasteiger partial charge in [-0.1, -0.05) is 37.1 Å². The summed E-state index contributed by atoms with van der Waals surface area (Å²) in [5.41, 5.74) is 3.82. The van der Waals surface area contributed by atoms with E-state index in [2.05, 4.69) is 13.8 Å². The molecule has 4 heteroatoms. The Morgan fingerprint density at radius 3 is 2.70 bits per heavy atom. The van der Waals surface area contributed by atoms with Crippen molar-refractivity contribution >= 4 is 17.6 Å². The summed E-state index contributed by atoms with van der Waals surface area (Å²) in [5, 5.41) is 9.32. The van der Waals surface area contributed by atoms with Crippen LogP contribution in [0.5, 0.6) is 5.75 Å².